The van der Waals surface area contributed by atoms with Crippen LogP contribution in [0.25, 0.3) is 22.3 Å². The van der Waals surface area contributed by atoms with Crippen molar-refractivity contribution < 1.29 is 14.3 Å². The Morgan fingerprint density at radius 2 is 1.96 bits per heavy atom. The van der Waals surface area contributed by atoms with Crippen LogP contribution >= 0.6 is 0 Å². The second kappa shape index (κ2) is 7.57. The zero-order valence-corrected chi connectivity index (χ0v) is 15.8. The Balaban J connectivity index is 2.05. The molecule has 0 fully saturated rings. The SMILES string of the molecule is COC(=O)CC(C)NC(=O)c1cc(-c2ccccc2)nc2c1c(C)nn2C. The maximum absolute atomic E-state index is 13.0. The van der Waals surface area contributed by atoms with Gasteiger partial charge in [-0.15, -0.1) is 0 Å². The summed E-state index contributed by atoms with van der Waals surface area (Å²) in [4.78, 5) is 29.1. The van der Waals surface area contributed by atoms with Crippen molar-refractivity contribution in [2.24, 2.45) is 7.05 Å². The molecule has 7 heteroatoms. The third-order valence-corrected chi connectivity index (χ3v) is 4.36. The van der Waals surface area contributed by atoms with Crippen molar-refractivity contribution in [1.82, 2.24) is 20.1 Å². The van der Waals surface area contributed by atoms with Crippen molar-refractivity contribution in [2.45, 2.75) is 26.3 Å². The summed E-state index contributed by atoms with van der Waals surface area (Å²) in [5.74, 6) is -0.641. The Labute approximate surface area is 157 Å². The van der Waals surface area contributed by atoms with E-state index >= 15 is 0 Å². The van der Waals surface area contributed by atoms with Gasteiger partial charge in [0.05, 0.1) is 35.9 Å². The van der Waals surface area contributed by atoms with Crippen LogP contribution in [0.1, 0.15) is 29.4 Å². The highest BCUT2D eigenvalue weighted by molar-refractivity contribution is 6.07. The lowest BCUT2D eigenvalue weighted by molar-refractivity contribution is -0.141. The second-order valence-electron chi connectivity index (χ2n) is 6.48. The summed E-state index contributed by atoms with van der Waals surface area (Å²) in [7, 11) is 3.13. The Hall–Kier alpha value is -3.22. The summed E-state index contributed by atoms with van der Waals surface area (Å²) in [5.41, 5.74) is 3.46. The fourth-order valence-corrected chi connectivity index (χ4v) is 3.07. The van der Waals surface area contributed by atoms with Crippen molar-refractivity contribution in [1.29, 1.82) is 0 Å². The van der Waals surface area contributed by atoms with Crippen LogP contribution in [0, 0.1) is 6.92 Å². The lowest BCUT2D eigenvalue weighted by Crippen LogP contribution is -2.34. The quantitative estimate of drug-likeness (QED) is 0.702. The fraction of sp³-hybridized carbons (Fsp3) is 0.300. The van der Waals surface area contributed by atoms with Crippen LogP contribution in [0.2, 0.25) is 0 Å². The van der Waals surface area contributed by atoms with Gasteiger partial charge < -0.3 is 10.1 Å². The number of fused-ring (bicyclic) bond motifs is 1. The summed E-state index contributed by atoms with van der Waals surface area (Å²) in [5, 5.41) is 7.98. The number of pyridine rings is 1. The largest absolute Gasteiger partial charge is 0.469 e. The summed E-state index contributed by atoms with van der Waals surface area (Å²) < 4.78 is 6.34. The first-order valence-corrected chi connectivity index (χ1v) is 8.68. The van der Waals surface area contributed by atoms with Gasteiger partial charge in [-0.05, 0) is 19.9 Å². The van der Waals surface area contributed by atoms with Gasteiger partial charge in [-0.25, -0.2) is 4.98 Å². The number of rotatable bonds is 5. The van der Waals surface area contributed by atoms with Gasteiger partial charge in [0.25, 0.3) is 5.91 Å². The highest BCUT2D eigenvalue weighted by Crippen LogP contribution is 2.26. The van der Waals surface area contributed by atoms with Crippen LogP contribution in [0.15, 0.2) is 36.4 Å². The van der Waals surface area contributed by atoms with Crippen LogP contribution in [0.3, 0.4) is 0 Å². The van der Waals surface area contributed by atoms with E-state index in [4.69, 9.17) is 4.98 Å². The van der Waals surface area contributed by atoms with E-state index in [9.17, 15) is 9.59 Å². The molecule has 140 valence electrons. The first-order valence-electron chi connectivity index (χ1n) is 8.68. The molecule has 1 aromatic carbocycles. The number of carbonyl (C=O) groups excluding carboxylic acids is 2. The Morgan fingerprint density at radius 1 is 1.26 bits per heavy atom. The van der Waals surface area contributed by atoms with Gasteiger partial charge in [-0.2, -0.15) is 5.10 Å². The molecule has 3 rings (SSSR count). The van der Waals surface area contributed by atoms with Gasteiger partial charge in [-0.3, -0.25) is 14.3 Å². The molecule has 1 amide bonds. The van der Waals surface area contributed by atoms with Crippen molar-refractivity contribution >= 4 is 22.9 Å². The molecule has 0 aliphatic heterocycles. The molecule has 1 N–H and O–H groups in total. The fourth-order valence-electron chi connectivity index (χ4n) is 3.07. The molecule has 27 heavy (non-hydrogen) atoms. The molecule has 0 bridgehead atoms. The molecule has 7 nitrogen and oxygen atoms in total. The predicted molar refractivity (Wildman–Crippen MR) is 102 cm³/mol. The van der Waals surface area contributed by atoms with Crippen molar-refractivity contribution in [3.63, 3.8) is 0 Å². The molecular formula is C20H22N4O3. The van der Waals surface area contributed by atoms with Crippen LogP contribution in [0.5, 0.6) is 0 Å². The molecule has 0 saturated carbocycles. The number of amides is 1. The molecule has 2 aromatic heterocycles. The molecule has 0 aliphatic rings. The van der Waals surface area contributed by atoms with E-state index < -0.39 is 0 Å². The number of hydrogen-bond acceptors (Lipinski definition) is 5. The van der Waals surface area contributed by atoms with E-state index in [0.29, 0.717) is 22.3 Å². The van der Waals surface area contributed by atoms with Crippen LogP contribution < -0.4 is 5.32 Å². The van der Waals surface area contributed by atoms with Gasteiger partial charge in [-0.1, -0.05) is 30.3 Å². The number of hydrogen-bond donors (Lipinski definition) is 1. The van der Waals surface area contributed by atoms with E-state index in [1.54, 1.807) is 24.7 Å². The maximum Gasteiger partial charge on any atom is 0.307 e. The molecule has 0 aliphatic carbocycles. The maximum atomic E-state index is 13.0. The van der Waals surface area contributed by atoms with Crippen molar-refractivity contribution in [2.75, 3.05) is 7.11 Å². The average Bonchev–Trinajstić information content (AvgIpc) is 2.95. The number of esters is 1. The van der Waals surface area contributed by atoms with Gasteiger partial charge in [0.1, 0.15) is 0 Å². The molecule has 1 atom stereocenters. The zero-order chi connectivity index (χ0) is 19.6. The zero-order valence-electron chi connectivity index (χ0n) is 15.8. The molecule has 0 spiro atoms. The third-order valence-electron chi connectivity index (χ3n) is 4.36. The van der Waals surface area contributed by atoms with E-state index in [0.717, 1.165) is 11.3 Å². The third kappa shape index (κ3) is 3.81. The first kappa shape index (κ1) is 18.6. The summed E-state index contributed by atoms with van der Waals surface area (Å²) in [6.07, 6.45) is 0.105. The van der Waals surface area contributed by atoms with Gasteiger partial charge in [0, 0.05) is 18.7 Å². The van der Waals surface area contributed by atoms with Crippen LogP contribution in [-0.2, 0) is 16.6 Å². The van der Waals surface area contributed by atoms with E-state index in [-0.39, 0.29) is 24.3 Å². The number of benzene rings is 1. The molecule has 1 unspecified atom stereocenters. The Morgan fingerprint density at radius 3 is 2.63 bits per heavy atom. The second-order valence-corrected chi connectivity index (χ2v) is 6.48. The van der Waals surface area contributed by atoms with Crippen LogP contribution in [-0.4, -0.2) is 39.8 Å². The molecule has 0 saturated heterocycles. The predicted octanol–water partition coefficient (Wildman–Crippen LogP) is 2.63. The van der Waals surface area contributed by atoms with Gasteiger partial charge in [0.15, 0.2) is 5.65 Å². The lowest BCUT2D eigenvalue weighted by Gasteiger charge is -2.14. The summed E-state index contributed by atoms with van der Waals surface area (Å²) in [6.45, 7) is 3.61. The van der Waals surface area contributed by atoms with Crippen molar-refractivity contribution in [3.8, 4) is 11.3 Å². The number of aromatic nitrogens is 3. The average molecular weight is 366 g/mol. The summed E-state index contributed by atoms with van der Waals surface area (Å²) >= 11 is 0. The monoisotopic (exact) mass is 366 g/mol. The number of aryl methyl sites for hydroxylation is 2. The van der Waals surface area contributed by atoms with E-state index in [1.807, 2.05) is 37.3 Å². The molecule has 0 radical (unpaired) electrons. The van der Waals surface area contributed by atoms with Gasteiger partial charge in [0.2, 0.25) is 0 Å². The number of nitrogens with one attached hydrogen (secondary N) is 1. The molecule has 3 aromatic rings. The smallest absolute Gasteiger partial charge is 0.307 e. The van der Waals surface area contributed by atoms with Gasteiger partial charge >= 0.3 is 5.97 Å². The standard InChI is InChI=1S/C20H22N4O3/c1-12(10-17(25)27-4)21-20(26)15-11-16(14-8-6-5-7-9-14)22-19-18(15)13(2)23-24(19)3/h5-9,11-12H,10H2,1-4H3,(H,21,26). The normalized spacial score (nSPS) is 12.0. The highest BCUT2D eigenvalue weighted by atomic mass is 16.5. The van der Waals surface area contributed by atoms with Crippen LogP contribution in [0.4, 0.5) is 0 Å². The minimum absolute atomic E-state index is 0.105. The topological polar surface area (TPSA) is 86.1 Å². The molecular weight excluding hydrogens is 344 g/mol. The Bertz CT molecular complexity index is 995. The minimum Gasteiger partial charge on any atom is -0.469 e. The summed E-state index contributed by atoms with van der Waals surface area (Å²) in [6, 6.07) is 11.1. The van der Waals surface area contributed by atoms with Crippen molar-refractivity contribution in [3.05, 3.63) is 47.7 Å². The number of nitrogens with zero attached hydrogens (tertiary/aromatic N) is 3. The molecule has 2 heterocycles. The first-order chi connectivity index (χ1) is 12.9. The highest BCUT2D eigenvalue weighted by Gasteiger charge is 2.21. The van der Waals surface area contributed by atoms with E-state index in [1.165, 1.54) is 7.11 Å². The number of ether oxygens (including phenoxy) is 1. The van der Waals surface area contributed by atoms with E-state index in [2.05, 4.69) is 15.2 Å². The Kier molecular flexibility index (Phi) is 5.21. The number of methoxy groups -OCH3 is 1. The minimum atomic E-state index is -0.370. The lowest BCUT2D eigenvalue weighted by atomic mass is 10.0. The number of carbonyl (C=O) groups is 2.